The van der Waals surface area contributed by atoms with E-state index in [1.54, 1.807) is 0 Å². The fourth-order valence-corrected chi connectivity index (χ4v) is 1.42. The molecular formula is C8H15NO3. The number of nitrogens with zero attached hydrogens (tertiary/aromatic N) is 1. The van der Waals surface area contributed by atoms with Crippen LogP contribution in [0.3, 0.4) is 0 Å². The van der Waals surface area contributed by atoms with Crippen molar-refractivity contribution in [2.45, 2.75) is 32.0 Å². The lowest BCUT2D eigenvalue weighted by Gasteiger charge is -2.30. The smallest absolute Gasteiger partial charge is 0.251 e. The Kier molecular flexibility index (Phi) is 3.05. The summed E-state index contributed by atoms with van der Waals surface area (Å²) in [5.74, 6) is -0.284. The van der Waals surface area contributed by atoms with Gasteiger partial charge in [-0.25, -0.2) is 0 Å². The third-order valence-electron chi connectivity index (χ3n) is 2.07. The van der Waals surface area contributed by atoms with Gasteiger partial charge in [-0.3, -0.25) is 4.79 Å². The van der Waals surface area contributed by atoms with Crippen LogP contribution in [0.5, 0.6) is 0 Å². The standard InChI is InChI=1S/C8H15NO3/c1-6(10)8(12)9-4-2-3-7(11)5-9/h6-7,10-11H,2-5H2,1H3/t6?,7-/m1/s1. The second-order valence-electron chi connectivity index (χ2n) is 3.26. The van der Waals surface area contributed by atoms with Crippen molar-refractivity contribution in [1.29, 1.82) is 0 Å². The van der Waals surface area contributed by atoms with Crippen molar-refractivity contribution >= 4 is 5.91 Å². The maximum Gasteiger partial charge on any atom is 0.251 e. The average molecular weight is 173 g/mol. The SMILES string of the molecule is CC(O)C(=O)N1CCC[C@@H](O)C1. The topological polar surface area (TPSA) is 60.8 Å². The van der Waals surface area contributed by atoms with Crippen molar-refractivity contribution in [3.05, 3.63) is 0 Å². The number of rotatable bonds is 1. The monoisotopic (exact) mass is 173 g/mol. The van der Waals surface area contributed by atoms with E-state index in [1.165, 1.54) is 11.8 Å². The number of piperidine rings is 1. The zero-order valence-corrected chi connectivity index (χ0v) is 7.23. The van der Waals surface area contributed by atoms with Crippen LogP contribution in [0.1, 0.15) is 19.8 Å². The van der Waals surface area contributed by atoms with Crippen molar-refractivity contribution in [3.63, 3.8) is 0 Å². The highest BCUT2D eigenvalue weighted by Gasteiger charge is 2.24. The molecule has 0 aromatic carbocycles. The summed E-state index contributed by atoms with van der Waals surface area (Å²) >= 11 is 0. The number of hydrogen-bond acceptors (Lipinski definition) is 3. The van der Waals surface area contributed by atoms with Gasteiger partial charge in [-0.05, 0) is 19.8 Å². The molecule has 0 radical (unpaired) electrons. The van der Waals surface area contributed by atoms with Crippen molar-refractivity contribution in [2.24, 2.45) is 0 Å². The van der Waals surface area contributed by atoms with Gasteiger partial charge < -0.3 is 15.1 Å². The Hall–Kier alpha value is -0.610. The average Bonchev–Trinajstić information content (AvgIpc) is 2.03. The summed E-state index contributed by atoms with van der Waals surface area (Å²) < 4.78 is 0. The van der Waals surface area contributed by atoms with E-state index in [9.17, 15) is 9.90 Å². The highest BCUT2D eigenvalue weighted by atomic mass is 16.3. The summed E-state index contributed by atoms with van der Waals surface area (Å²) in [6, 6.07) is 0. The molecule has 1 saturated heterocycles. The molecule has 0 aliphatic carbocycles. The van der Waals surface area contributed by atoms with Crippen LogP contribution in [-0.4, -0.2) is 46.3 Å². The van der Waals surface area contributed by atoms with Crippen LogP contribution in [0.15, 0.2) is 0 Å². The Morgan fingerprint density at radius 1 is 1.67 bits per heavy atom. The van der Waals surface area contributed by atoms with E-state index in [1.807, 2.05) is 0 Å². The summed E-state index contributed by atoms with van der Waals surface area (Å²) in [5, 5.41) is 18.2. The van der Waals surface area contributed by atoms with Gasteiger partial charge in [0.15, 0.2) is 0 Å². The van der Waals surface area contributed by atoms with E-state index in [0.29, 0.717) is 13.1 Å². The molecule has 0 spiro atoms. The van der Waals surface area contributed by atoms with Crippen LogP contribution in [-0.2, 0) is 4.79 Å². The molecular weight excluding hydrogens is 158 g/mol. The Morgan fingerprint density at radius 3 is 2.83 bits per heavy atom. The Labute approximate surface area is 71.8 Å². The molecule has 12 heavy (non-hydrogen) atoms. The molecule has 0 bridgehead atoms. The molecule has 2 N–H and O–H groups in total. The van der Waals surface area contributed by atoms with Gasteiger partial charge >= 0.3 is 0 Å². The van der Waals surface area contributed by atoms with Crippen LogP contribution in [0.4, 0.5) is 0 Å². The zero-order valence-electron chi connectivity index (χ0n) is 7.23. The van der Waals surface area contributed by atoms with E-state index in [-0.39, 0.29) is 5.91 Å². The van der Waals surface area contributed by atoms with Gasteiger partial charge in [0, 0.05) is 13.1 Å². The van der Waals surface area contributed by atoms with Gasteiger partial charge in [0.05, 0.1) is 6.10 Å². The minimum atomic E-state index is -0.949. The van der Waals surface area contributed by atoms with Crippen LogP contribution >= 0.6 is 0 Å². The van der Waals surface area contributed by atoms with Gasteiger partial charge in [-0.15, -0.1) is 0 Å². The molecule has 4 nitrogen and oxygen atoms in total. The summed E-state index contributed by atoms with van der Waals surface area (Å²) in [5.41, 5.74) is 0. The second-order valence-corrected chi connectivity index (χ2v) is 3.26. The Balaban J connectivity index is 2.46. The molecule has 0 aromatic heterocycles. The van der Waals surface area contributed by atoms with Crippen molar-refractivity contribution < 1.29 is 15.0 Å². The lowest BCUT2D eigenvalue weighted by molar-refractivity contribution is -0.142. The Morgan fingerprint density at radius 2 is 2.33 bits per heavy atom. The van der Waals surface area contributed by atoms with E-state index in [2.05, 4.69) is 0 Å². The molecule has 1 unspecified atom stereocenters. The molecule has 0 aromatic rings. The quantitative estimate of drug-likeness (QED) is 0.554. The maximum atomic E-state index is 11.2. The van der Waals surface area contributed by atoms with Crippen molar-refractivity contribution in [1.82, 2.24) is 4.90 Å². The van der Waals surface area contributed by atoms with Crippen LogP contribution < -0.4 is 0 Å². The second kappa shape index (κ2) is 3.87. The molecule has 0 saturated carbocycles. The number of aliphatic hydroxyl groups is 2. The lowest BCUT2D eigenvalue weighted by Crippen LogP contribution is -2.45. The third-order valence-corrected chi connectivity index (χ3v) is 2.07. The van der Waals surface area contributed by atoms with Gasteiger partial charge in [0.25, 0.3) is 5.91 Å². The molecule has 1 amide bonds. The maximum absolute atomic E-state index is 11.2. The predicted molar refractivity (Wildman–Crippen MR) is 43.5 cm³/mol. The van der Waals surface area contributed by atoms with Gasteiger partial charge in [0.1, 0.15) is 6.10 Å². The highest BCUT2D eigenvalue weighted by Crippen LogP contribution is 2.10. The lowest BCUT2D eigenvalue weighted by atomic mass is 10.1. The van der Waals surface area contributed by atoms with Crippen molar-refractivity contribution in [3.8, 4) is 0 Å². The normalized spacial score (nSPS) is 26.9. The van der Waals surface area contributed by atoms with E-state index < -0.39 is 12.2 Å². The van der Waals surface area contributed by atoms with Crippen LogP contribution in [0, 0.1) is 0 Å². The number of carbonyl (C=O) groups excluding carboxylic acids is 1. The number of amides is 1. The van der Waals surface area contributed by atoms with Gasteiger partial charge in [-0.1, -0.05) is 0 Å². The molecule has 1 aliphatic heterocycles. The predicted octanol–water partition coefficient (Wildman–Crippen LogP) is -0.650. The first-order chi connectivity index (χ1) is 5.61. The minimum absolute atomic E-state index is 0.284. The van der Waals surface area contributed by atoms with Crippen molar-refractivity contribution in [2.75, 3.05) is 13.1 Å². The van der Waals surface area contributed by atoms with E-state index in [0.717, 1.165) is 12.8 Å². The zero-order chi connectivity index (χ0) is 9.14. The van der Waals surface area contributed by atoms with Crippen LogP contribution in [0.2, 0.25) is 0 Å². The number of aliphatic hydroxyl groups excluding tert-OH is 2. The number of hydrogen-bond donors (Lipinski definition) is 2. The number of likely N-dealkylation sites (tertiary alicyclic amines) is 1. The molecule has 4 heteroatoms. The largest absolute Gasteiger partial charge is 0.391 e. The highest BCUT2D eigenvalue weighted by molar-refractivity contribution is 5.80. The van der Waals surface area contributed by atoms with Gasteiger partial charge in [0.2, 0.25) is 0 Å². The fraction of sp³-hybridized carbons (Fsp3) is 0.875. The number of carbonyl (C=O) groups is 1. The van der Waals surface area contributed by atoms with Gasteiger partial charge in [-0.2, -0.15) is 0 Å². The summed E-state index contributed by atoms with van der Waals surface area (Å²) in [6.07, 6.45) is 0.209. The summed E-state index contributed by atoms with van der Waals surface area (Å²) in [7, 11) is 0. The first-order valence-electron chi connectivity index (χ1n) is 4.26. The minimum Gasteiger partial charge on any atom is -0.391 e. The van der Waals surface area contributed by atoms with E-state index in [4.69, 9.17) is 5.11 Å². The van der Waals surface area contributed by atoms with E-state index >= 15 is 0 Å². The molecule has 70 valence electrons. The molecule has 1 fully saturated rings. The summed E-state index contributed by atoms with van der Waals surface area (Å²) in [6.45, 7) is 2.47. The summed E-state index contributed by atoms with van der Waals surface area (Å²) in [4.78, 5) is 12.7. The molecule has 2 atom stereocenters. The molecule has 1 heterocycles. The molecule has 1 rings (SSSR count). The fourth-order valence-electron chi connectivity index (χ4n) is 1.42. The van der Waals surface area contributed by atoms with Crippen LogP contribution in [0.25, 0.3) is 0 Å². The number of β-amino-alcohol motifs (C(OH)–C–C–N with tert-alkyl or cyclic N) is 1. The Bertz CT molecular complexity index is 170. The first kappa shape index (κ1) is 9.48. The molecule has 1 aliphatic rings. The first-order valence-corrected chi connectivity index (χ1v) is 4.26. The third kappa shape index (κ3) is 2.19.